The van der Waals surface area contributed by atoms with E-state index in [1.807, 2.05) is 48.5 Å². The van der Waals surface area contributed by atoms with Crippen molar-refractivity contribution in [3.63, 3.8) is 0 Å². The van der Waals surface area contributed by atoms with Crippen LogP contribution in [0.2, 0.25) is 5.02 Å². The number of carbonyl (C=O) groups is 3. The Balaban J connectivity index is 1.00. The zero-order chi connectivity index (χ0) is 36.4. The van der Waals surface area contributed by atoms with E-state index in [2.05, 4.69) is 51.5 Å². The number of aliphatic hydroxyl groups excluding tert-OH is 1. The molecule has 1 saturated heterocycles. The molecule has 276 valence electrons. The van der Waals surface area contributed by atoms with E-state index in [-0.39, 0.29) is 25.9 Å². The van der Waals surface area contributed by atoms with Gasteiger partial charge in [-0.25, -0.2) is 9.59 Å². The zero-order valence-electron chi connectivity index (χ0n) is 29.0. The van der Waals surface area contributed by atoms with Gasteiger partial charge in [-0.15, -0.1) is 0 Å². The number of amides is 3. The minimum Gasteiger partial charge on any atom is -0.449 e. The third kappa shape index (κ3) is 13.6. The summed E-state index contributed by atoms with van der Waals surface area (Å²) in [5.74, 6) is 0.475. The van der Waals surface area contributed by atoms with Crippen molar-refractivity contribution in [2.75, 3.05) is 77.7 Å². The minimum atomic E-state index is -0.826. The lowest BCUT2D eigenvalue weighted by Gasteiger charge is -2.39. The van der Waals surface area contributed by atoms with Gasteiger partial charge in [-0.2, -0.15) is 0 Å². The summed E-state index contributed by atoms with van der Waals surface area (Å²) in [6.07, 6.45) is -2.16. The number of aliphatic hydroxyl groups is 1. The van der Waals surface area contributed by atoms with E-state index in [0.717, 1.165) is 36.8 Å². The van der Waals surface area contributed by atoms with Gasteiger partial charge in [0.1, 0.15) is 19.8 Å². The summed E-state index contributed by atoms with van der Waals surface area (Å²) >= 11 is 6.15. The fourth-order valence-electron chi connectivity index (χ4n) is 5.54. The van der Waals surface area contributed by atoms with Crippen LogP contribution in [0.3, 0.4) is 0 Å². The average molecular weight is 759 g/mol. The first-order valence-corrected chi connectivity index (χ1v) is 19.8. The van der Waals surface area contributed by atoms with Gasteiger partial charge in [0.25, 0.3) is 5.91 Å². The molecule has 1 aliphatic heterocycles. The number of nitrogens with one attached hydrogen (secondary N) is 1. The predicted molar refractivity (Wildman–Crippen MR) is 203 cm³/mol. The molecular formula is C37H47ClN4O7S2. The normalized spacial score (nSPS) is 15.4. The lowest BCUT2D eigenvalue weighted by molar-refractivity contribution is -0.125. The molecule has 1 fully saturated rings. The molecule has 4 rings (SSSR count). The molecule has 0 bridgehead atoms. The highest BCUT2D eigenvalue weighted by atomic mass is 35.5. The average Bonchev–Trinajstić information content (AvgIpc) is 3.15. The van der Waals surface area contributed by atoms with Crippen molar-refractivity contribution in [2.24, 2.45) is 0 Å². The summed E-state index contributed by atoms with van der Waals surface area (Å²) in [6.45, 7) is 6.41. The topological polar surface area (TPSA) is 121 Å². The fourth-order valence-corrected chi connectivity index (χ4v) is 7.32. The third-order valence-electron chi connectivity index (χ3n) is 8.47. The molecule has 14 heteroatoms. The smallest absolute Gasteiger partial charge is 0.413 e. The number of hydrogen-bond donors (Lipinski definition) is 2. The number of alkyl carbamates (subject to hydrolysis) is 1. The Labute approximate surface area is 313 Å². The number of piperazine rings is 1. The van der Waals surface area contributed by atoms with Crippen molar-refractivity contribution in [1.82, 2.24) is 20.0 Å². The van der Waals surface area contributed by atoms with E-state index in [9.17, 15) is 19.5 Å². The Hall–Kier alpha value is -3.30. The lowest BCUT2D eigenvalue weighted by Crippen LogP contribution is -2.48. The van der Waals surface area contributed by atoms with Crippen molar-refractivity contribution >= 4 is 51.3 Å². The van der Waals surface area contributed by atoms with Crippen molar-refractivity contribution < 1.29 is 33.7 Å². The van der Waals surface area contributed by atoms with Crippen LogP contribution in [0.4, 0.5) is 9.59 Å². The van der Waals surface area contributed by atoms with Gasteiger partial charge in [0.05, 0.1) is 24.8 Å². The molecule has 51 heavy (non-hydrogen) atoms. The quantitative estimate of drug-likeness (QED) is 0.119. The number of imide groups is 1. The second-order valence-corrected chi connectivity index (χ2v) is 15.1. The molecule has 0 aliphatic carbocycles. The van der Waals surface area contributed by atoms with E-state index >= 15 is 0 Å². The molecule has 0 spiro atoms. The maximum Gasteiger partial charge on any atom is 0.413 e. The first-order chi connectivity index (χ1) is 24.7. The van der Waals surface area contributed by atoms with Gasteiger partial charge in [-0.05, 0) is 35.7 Å². The maximum atomic E-state index is 12.4. The van der Waals surface area contributed by atoms with Crippen LogP contribution in [0.25, 0.3) is 0 Å². The van der Waals surface area contributed by atoms with Crippen molar-refractivity contribution in [1.29, 1.82) is 0 Å². The third-order valence-corrected chi connectivity index (χ3v) is 11.1. The summed E-state index contributed by atoms with van der Waals surface area (Å²) in [4.78, 5) is 42.7. The second kappa shape index (κ2) is 21.9. The molecule has 0 aromatic heterocycles. The summed E-state index contributed by atoms with van der Waals surface area (Å²) in [5, 5.41) is 13.4. The number of benzene rings is 3. The SMILES string of the molecule is C[C@@H]([C@@H](O)c1ccccc1)N(C)C(=O)OCCSSCCOC(=O)NC(=O)COCCN1CCN(C(c2ccccc2)c2ccc(Cl)cc2)CC1. The van der Waals surface area contributed by atoms with Crippen molar-refractivity contribution in [3.8, 4) is 0 Å². The largest absolute Gasteiger partial charge is 0.449 e. The second-order valence-electron chi connectivity index (χ2n) is 11.9. The van der Waals surface area contributed by atoms with Crippen molar-refractivity contribution in [3.05, 3.63) is 107 Å². The van der Waals surface area contributed by atoms with Gasteiger partial charge in [0.15, 0.2) is 0 Å². The highest BCUT2D eigenvalue weighted by Gasteiger charge is 2.27. The Morgan fingerprint density at radius 2 is 1.39 bits per heavy atom. The Kier molecular flexibility index (Phi) is 17.4. The highest BCUT2D eigenvalue weighted by Crippen LogP contribution is 2.30. The summed E-state index contributed by atoms with van der Waals surface area (Å²) in [6, 6.07) is 27.4. The summed E-state index contributed by atoms with van der Waals surface area (Å²) < 4.78 is 15.9. The number of halogens is 1. The molecule has 3 amide bonds. The van der Waals surface area contributed by atoms with Gasteiger partial charge in [0.2, 0.25) is 0 Å². The number of hydrogen-bond acceptors (Lipinski definition) is 11. The molecule has 11 nitrogen and oxygen atoms in total. The molecule has 2 N–H and O–H groups in total. The van der Waals surface area contributed by atoms with Gasteiger partial charge in [0, 0.05) is 56.3 Å². The van der Waals surface area contributed by atoms with E-state index in [1.54, 1.807) is 14.0 Å². The number of ether oxygens (including phenoxy) is 3. The lowest BCUT2D eigenvalue weighted by atomic mass is 9.96. The van der Waals surface area contributed by atoms with Crippen LogP contribution < -0.4 is 5.32 Å². The Morgan fingerprint density at radius 1 is 0.824 bits per heavy atom. The Morgan fingerprint density at radius 3 is 2.02 bits per heavy atom. The first-order valence-electron chi connectivity index (χ1n) is 16.9. The summed E-state index contributed by atoms with van der Waals surface area (Å²) in [5.41, 5.74) is 3.17. The predicted octanol–water partition coefficient (Wildman–Crippen LogP) is 5.89. The van der Waals surface area contributed by atoms with Crippen LogP contribution in [-0.4, -0.2) is 122 Å². The molecule has 0 saturated carbocycles. The van der Waals surface area contributed by atoms with Crippen LogP contribution >= 0.6 is 33.2 Å². The van der Waals surface area contributed by atoms with Crippen LogP contribution in [0.5, 0.6) is 0 Å². The van der Waals surface area contributed by atoms with E-state index in [0.29, 0.717) is 24.7 Å². The molecule has 3 aromatic rings. The molecule has 0 radical (unpaired) electrons. The van der Waals surface area contributed by atoms with Crippen LogP contribution in [0.1, 0.15) is 35.8 Å². The number of carbonyl (C=O) groups excluding carboxylic acids is 3. The van der Waals surface area contributed by atoms with Gasteiger partial charge in [-0.1, -0.05) is 106 Å². The molecule has 1 aliphatic rings. The molecule has 1 unspecified atom stereocenters. The van der Waals surface area contributed by atoms with E-state index in [4.69, 9.17) is 25.8 Å². The highest BCUT2D eigenvalue weighted by molar-refractivity contribution is 8.76. The van der Waals surface area contributed by atoms with Crippen LogP contribution in [0, 0.1) is 0 Å². The van der Waals surface area contributed by atoms with Crippen molar-refractivity contribution in [2.45, 2.75) is 25.1 Å². The number of rotatable bonds is 18. The minimum absolute atomic E-state index is 0.115. The van der Waals surface area contributed by atoms with Crippen LogP contribution in [-0.2, 0) is 19.0 Å². The number of likely N-dealkylation sites (N-methyl/N-ethyl adjacent to an activating group) is 1. The molecule has 1 heterocycles. The fraction of sp³-hybridized carbons (Fsp3) is 0.432. The zero-order valence-corrected chi connectivity index (χ0v) is 31.4. The van der Waals surface area contributed by atoms with Gasteiger partial charge < -0.3 is 24.2 Å². The number of nitrogens with zero attached hydrogens (tertiary/aromatic N) is 3. The van der Waals surface area contributed by atoms with Crippen LogP contribution in [0.15, 0.2) is 84.9 Å². The van der Waals surface area contributed by atoms with E-state index in [1.165, 1.54) is 37.6 Å². The molecular weight excluding hydrogens is 712 g/mol. The maximum absolute atomic E-state index is 12.4. The summed E-state index contributed by atoms with van der Waals surface area (Å²) in [7, 11) is 4.52. The monoisotopic (exact) mass is 758 g/mol. The standard InChI is InChI=1S/C37H47ClN4O7S2/c1-28(35(44)31-11-7-4-8-12-31)40(2)37(46)49-24-26-51-50-25-23-48-36(45)39-33(43)27-47-22-21-41-17-19-42(20-18-41)34(29-9-5-3-6-10-29)30-13-15-32(38)16-14-30/h3-16,28,34-35,44H,17-27H2,1-2H3,(H,39,43,45)/t28-,34?,35+/m0/s1. The molecule has 3 aromatic carbocycles. The van der Waals surface area contributed by atoms with Gasteiger partial charge >= 0.3 is 12.2 Å². The Bertz CT molecular complexity index is 1490. The first kappa shape index (κ1) is 40.5. The van der Waals surface area contributed by atoms with E-state index < -0.39 is 30.2 Å². The molecule has 3 atom stereocenters. The van der Waals surface area contributed by atoms with Gasteiger partial charge in [-0.3, -0.25) is 19.9 Å².